The minimum absolute atomic E-state index is 0.292. The summed E-state index contributed by atoms with van der Waals surface area (Å²) in [5, 5.41) is 4.39. The van der Waals surface area contributed by atoms with E-state index in [2.05, 4.69) is 40.9 Å². The van der Waals surface area contributed by atoms with E-state index in [1.54, 1.807) is 19.2 Å². The lowest BCUT2D eigenvalue weighted by Crippen LogP contribution is -2.03. The van der Waals surface area contributed by atoms with Crippen LogP contribution in [0, 0.1) is 6.92 Å². The predicted octanol–water partition coefficient (Wildman–Crippen LogP) is 6.19. The van der Waals surface area contributed by atoms with Crippen molar-refractivity contribution in [2.45, 2.75) is 20.5 Å². The number of hydrogen-bond acceptors (Lipinski definition) is 5. The number of oxime groups is 1. The van der Waals surface area contributed by atoms with Gasteiger partial charge in [0.05, 0.1) is 31.2 Å². The second kappa shape index (κ2) is 10.7. The van der Waals surface area contributed by atoms with Crippen LogP contribution in [0.1, 0.15) is 34.1 Å². The van der Waals surface area contributed by atoms with E-state index >= 15 is 0 Å². The van der Waals surface area contributed by atoms with E-state index in [4.69, 9.17) is 14.3 Å². The Morgan fingerprint density at radius 3 is 2.34 bits per heavy atom. The lowest BCUT2D eigenvalue weighted by atomic mass is 10.1. The monoisotopic (exact) mass is 468 g/mol. The van der Waals surface area contributed by atoms with Crippen LogP contribution < -0.4 is 4.74 Å². The number of esters is 1. The van der Waals surface area contributed by atoms with Gasteiger partial charge in [-0.3, -0.25) is 0 Å². The first kappa shape index (κ1) is 23.8. The largest absolute Gasteiger partial charge is 0.497 e. The molecule has 0 aliphatic rings. The Kier molecular flexibility index (Phi) is 7.31. The Morgan fingerprint density at radius 2 is 1.66 bits per heavy atom. The zero-order valence-corrected chi connectivity index (χ0v) is 20.3. The summed E-state index contributed by atoms with van der Waals surface area (Å²) in [6.07, 6.45) is 0. The van der Waals surface area contributed by atoms with Crippen LogP contribution in [0.3, 0.4) is 0 Å². The van der Waals surface area contributed by atoms with Gasteiger partial charge in [-0.05, 0) is 55.3 Å². The lowest BCUT2D eigenvalue weighted by Gasteiger charge is -2.13. The highest BCUT2D eigenvalue weighted by Gasteiger charge is 2.17. The highest BCUT2D eigenvalue weighted by atomic mass is 16.6. The van der Waals surface area contributed by atoms with Gasteiger partial charge in [0, 0.05) is 23.0 Å². The number of aromatic nitrogens is 1. The number of carbonyl (C=O) groups is 1. The molecule has 0 aliphatic carbocycles. The first-order chi connectivity index (χ1) is 17.0. The van der Waals surface area contributed by atoms with Crippen LogP contribution >= 0.6 is 0 Å². The summed E-state index contributed by atoms with van der Waals surface area (Å²) in [5.41, 5.74) is 7.38. The molecule has 0 unspecified atom stereocenters. The minimum atomic E-state index is -0.364. The number of benzene rings is 3. The molecule has 0 fully saturated rings. The van der Waals surface area contributed by atoms with E-state index in [1.165, 1.54) is 7.11 Å². The molecule has 6 heteroatoms. The molecule has 0 amide bonds. The van der Waals surface area contributed by atoms with Gasteiger partial charge in [0.2, 0.25) is 0 Å². The maximum atomic E-state index is 11.6. The fraction of sp³-hybridized carbons (Fsp3) is 0.172. The van der Waals surface area contributed by atoms with Gasteiger partial charge >= 0.3 is 5.97 Å². The van der Waals surface area contributed by atoms with Crippen molar-refractivity contribution < 1.29 is 19.1 Å². The third-order valence-electron chi connectivity index (χ3n) is 5.83. The minimum Gasteiger partial charge on any atom is -0.497 e. The van der Waals surface area contributed by atoms with Gasteiger partial charge in [0.25, 0.3) is 0 Å². The van der Waals surface area contributed by atoms with Crippen LogP contribution in [0.15, 0.2) is 90.1 Å². The Hall–Kier alpha value is -4.32. The van der Waals surface area contributed by atoms with Crippen molar-refractivity contribution in [3.05, 3.63) is 107 Å². The topological polar surface area (TPSA) is 62.0 Å². The molecular weight excluding hydrogens is 440 g/mol. The molecule has 4 rings (SSSR count). The fourth-order valence-electron chi connectivity index (χ4n) is 3.98. The molecule has 0 saturated heterocycles. The van der Waals surface area contributed by atoms with Crippen LogP contribution in [0.5, 0.6) is 5.75 Å². The van der Waals surface area contributed by atoms with Gasteiger partial charge in [0.1, 0.15) is 12.4 Å². The maximum absolute atomic E-state index is 11.6. The third kappa shape index (κ3) is 5.27. The van der Waals surface area contributed by atoms with Crippen LogP contribution in [0.4, 0.5) is 0 Å². The van der Waals surface area contributed by atoms with Crippen molar-refractivity contribution in [3.63, 3.8) is 0 Å². The average molecular weight is 469 g/mol. The van der Waals surface area contributed by atoms with Crippen LogP contribution in [0.25, 0.3) is 16.9 Å². The molecule has 0 bridgehead atoms. The van der Waals surface area contributed by atoms with E-state index in [0.29, 0.717) is 12.2 Å². The molecule has 0 atom stereocenters. The second-order valence-electron chi connectivity index (χ2n) is 8.07. The molecule has 1 heterocycles. The van der Waals surface area contributed by atoms with Crippen LogP contribution in [-0.2, 0) is 16.2 Å². The maximum Gasteiger partial charge on any atom is 0.337 e. The van der Waals surface area contributed by atoms with Crippen LogP contribution in [-0.4, -0.2) is 30.5 Å². The Morgan fingerprint density at radius 1 is 0.914 bits per heavy atom. The van der Waals surface area contributed by atoms with Crippen molar-refractivity contribution in [3.8, 4) is 22.7 Å². The number of carbonyl (C=O) groups excluding carboxylic acids is 1. The molecule has 0 saturated carbocycles. The number of ether oxygens (including phenoxy) is 2. The first-order valence-corrected chi connectivity index (χ1v) is 11.3. The van der Waals surface area contributed by atoms with Gasteiger partial charge in [-0.25, -0.2) is 4.79 Å². The number of nitrogens with zero attached hydrogens (tertiary/aromatic N) is 2. The quantitative estimate of drug-likeness (QED) is 0.176. The van der Waals surface area contributed by atoms with Crippen molar-refractivity contribution in [2.24, 2.45) is 5.16 Å². The standard InChI is InChI=1S/C29H28N2O4/c1-20(30-35-19-22-13-15-24(16-14-22)29(32)34-4)27-18-28(23-9-6-5-7-10-23)31(21(27)2)25-11-8-12-26(17-25)33-3/h5-18H,19H2,1-4H3/b30-20-. The van der Waals surface area contributed by atoms with Crippen molar-refractivity contribution in [1.82, 2.24) is 4.57 Å². The molecule has 3 aromatic carbocycles. The molecule has 0 N–H and O–H groups in total. The Labute approximate surface area is 205 Å². The van der Waals surface area contributed by atoms with E-state index in [-0.39, 0.29) is 5.97 Å². The Balaban J connectivity index is 1.63. The summed E-state index contributed by atoms with van der Waals surface area (Å²) in [7, 11) is 3.03. The molecule has 1 aromatic heterocycles. The van der Waals surface area contributed by atoms with Crippen molar-refractivity contribution in [2.75, 3.05) is 14.2 Å². The molecule has 0 aliphatic heterocycles. The van der Waals surface area contributed by atoms with E-state index < -0.39 is 0 Å². The zero-order valence-electron chi connectivity index (χ0n) is 20.3. The average Bonchev–Trinajstić information content (AvgIpc) is 3.26. The molecule has 35 heavy (non-hydrogen) atoms. The molecule has 6 nitrogen and oxygen atoms in total. The fourth-order valence-corrected chi connectivity index (χ4v) is 3.98. The lowest BCUT2D eigenvalue weighted by molar-refractivity contribution is 0.0600. The molecular formula is C29H28N2O4. The first-order valence-electron chi connectivity index (χ1n) is 11.3. The molecule has 178 valence electrons. The number of rotatable bonds is 8. The molecule has 0 spiro atoms. The van der Waals surface area contributed by atoms with Crippen molar-refractivity contribution >= 4 is 11.7 Å². The van der Waals surface area contributed by atoms with E-state index in [9.17, 15) is 4.79 Å². The van der Waals surface area contributed by atoms with E-state index in [0.717, 1.165) is 45.2 Å². The third-order valence-corrected chi connectivity index (χ3v) is 5.83. The predicted molar refractivity (Wildman–Crippen MR) is 137 cm³/mol. The summed E-state index contributed by atoms with van der Waals surface area (Å²) in [6, 6.07) is 27.5. The summed E-state index contributed by atoms with van der Waals surface area (Å²) >= 11 is 0. The van der Waals surface area contributed by atoms with E-state index in [1.807, 2.05) is 55.5 Å². The number of methoxy groups -OCH3 is 2. The summed E-state index contributed by atoms with van der Waals surface area (Å²) in [4.78, 5) is 17.3. The van der Waals surface area contributed by atoms with Gasteiger partial charge in [-0.2, -0.15) is 0 Å². The van der Waals surface area contributed by atoms with Gasteiger partial charge in [-0.15, -0.1) is 0 Å². The highest BCUT2D eigenvalue weighted by Crippen LogP contribution is 2.31. The summed E-state index contributed by atoms with van der Waals surface area (Å²) < 4.78 is 12.4. The summed E-state index contributed by atoms with van der Waals surface area (Å²) in [6.45, 7) is 4.30. The van der Waals surface area contributed by atoms with Gasteiger partial charge in [0.15, 0.2) is 0 Å². The smallest absolute Gasteiger partial charge is 0.337 e. The Bertz CT molecular complexity index is 1340. The normalized spacial score (nSPS) is 11.3. The summed E-state index contributed by atoms with van der Waals surface area (Å²) in [5.74, 6) is 0.430. The second-order valence-corrected chi connectivity index (χ2v) is 8.07. The zero-order chi connectivity index (χ0) is 24.8. The molecule has 0 radical (unpaired) electrons. The van der Waals surface area contributed by atoms with Crippen molar-refractivity contribution in [1.29, 1.82) is 0 Å². The highest BCUT2D eigenvalue weighted by molar-refractivity contribution is 6.01. The number of hydrogen-bond donors (Lipinski definition) is 0. The van der Waals surface area contributed by atoms with Crippen LogP contribution in [0.2, 0.25) is 0 Å². The SMILES string of the molecule is COC(=O)c1ccc(CO/N=C(/C)c2cc(-c3ccccc3)n(-c3cccc(OC)c3)c2C)cc1. The van der Waals surface area contributed by atoms with Gasteiger partial charge in [-0.1, -0.05) is 53.7 Å². The van der Waals surface area contributed by atoms with Gasteiger partial charge < -0.3 is 18.9 Å². The molecule has 4 aromatic rings.